The van der Waals surface area contributed by atoms with E-state index in [4.69, 9.17) is 8.92 Å². The molecule has 0 bridgehead atoms. The van der Waals surface area contributed by atoms with Gasteiger partial charge >= 0.3 is 10.1 Å². The van der Waals surface area contributed by atoms with Gasteiger partial charge in [-0.3, -0.25) is 4.79 Å². The molecule has 0 saturated heterocycles. The van der Waals surface area contributed by atoms with Crippen LogP contribution in [0.25, 0.3) is 0 Å². The number of hydrogen-bond donors (Lipinski definition) is 1. The molecule has 2 aromatic rings. The van der Waals surface area contributed by atoms with E-state index >= 15 is 0 Å². The molecule has 0 fully saturated rings. The van der Waals surface area contributed by atoms with Crippen molar-refractivity contribution in [2.24, 2.45) is 0 Å². The number of carbonyl (C=O) groups is 1. The van der Waals surface area contributed by atoms with Gasteiger partial charge in [-0.25, -0.2) is 0 Å². The van der Waals surface area contributed by atoms with Crippen molar-refractivity contribution in [1.82, 2.24) is 0 Å². The summed E-state index contributed by atoms with van der Waals surface area (Å²) in [4.78, 5) is 11.0. The Kier molecular flexibility index (Phi) is 4.90. The topological polar surface area (TPSA) is 81.7 Å². The van der Waals surface area contributed by atoms with E-state index in [0.717, 1.165) is 0 Å². The van der Waals surface area contributed by atoms with Crippen LogP contribution in [0.1, 0.15) is 12.5 Å². The Morgan fingerprint density at radius 3 is 2.26 bits per heavy atom. The zero-order valence-electron chi connectivity index (χ0n) is 13.0. The Hall–Kier alpha value is -2.54. The summed E-state index contributed by atoms with van der Waals surface area (Å²) in [5.41, 5.74) is 1.25. The number of nitrogens with one attached hydrogen (secondary N) is 1. The predicted molar refractivity (Wildman–Crippen MR) is 86.3 cm³/mol. The number of anilines is 1. The lowest BCUT2D eigenvalue weighted by Crippen LogP contribution is -2.10. The summed E-state index contributed by atoms with van der Waals surface area (Å²) < 4.78 is 34.8. The van der Waals surface area contributed by atoms with Crippen LogP contribution in [-0.4, -0.2) is 21.4 Å². The standard InChI is InChI=1S/C16H17NO5S/c1-11-10-15(8-9-16(11)21-3)23(19,20)22-14-6-4-13(5-7-14)17-12(2)18/h4-10H,1-3H3,(H,17,18). The first-order valence-corrected chi connectivity index (χ1v) is 8.19. The summed E-state index contributed by atoms with van der Waals surface area (Å²) in [6.07, 6.45) is 0. The van der Waals surface area contributed by atoms with Gasteiger partial charge in [0.25, 0.3) is 0 Å². The SMILES string of the molecule is COc1ccc(S(=O)(=O)Oc2ccc(NC(C)=O)cc2)cc1C. The Labute approximate surface area is 135 Å². The van der Waals surface area contributed by atoms with Gasteiger partial charge < -0.3 is 14.2 Å². The normalized spacial score (nSPS) is 10.9. The zero-order valence-corrected chi connectivity index (χ0v) is 13.8. The second-order valence-corrected chi connectivity index (χ2v) is 6.42. The molecular weight excluding hydrogens is 318 g/mol. The third kappa shape index (κ3) is 4.23. The average molecular weight is 335 g/mol. The smallest absolute Gasteiger partial charge is 0.339 e. The minimum Gasteiger partial charge on any atom is -0.496 e. The molecule has 1 amide bonds. The van der Waals surface area contributed by atoms with Gasteiger partial charge in [0.05, 0.1) is 7.11 Å². The fraction of sp³-hybridized carbons (Fsp3) is 0.188. The number of carbonyl (C=O) groups excluding carboxylic acids is 1. The molecule has 2 aromatic carbocycles. The van der Waals surface area contributed by atoms with E-state index < -0.39 is 10.1 Å². The van der Waals surface area contributed by atoms with E-state index in [1.165, 1.54) is 38.3 Å². The highest BCUT2D eigenvalue weighted by atomic mass is 32.2. The molecule has 0 aliphatic heterocycles. The highest BCUT2D eigenvalue weighted by molar-refractivity contribution is 7.87. The van der Waals surface area contributed by atoms with Crippen molar-refractivity contribution < 1.29 is 22.1 Å². The zero-order chi connectivity index (χ0) is 17.0. The van der Waals surface area contributed by atoms with E-state index in [2.05, 4.69) is 5.32 Å². The van der Waals surface area contributed by atoms with E-state index in [1.807, 2.05) is 0 Å². The maximum atomic E-state index is 12.3. The van der Waals surface area contributed by atoms with Gasteiger partial charge in [-0.15, -0.1) is 0 Å². The Bertz CT molecular complexity index is 813. The molecule has 0 aliphatic rings. The van der Waals surface area contributed by atoms with Gasteiger partial charge in [-0.2, -0.15) is 8.42 Å². The van der Waals surface area contributed by atoms with Gasteiger partial charge in [-0.05, 0) is 55.0 Å². The van der Waals surface area contributed by atoms with Crippen LogP contribution in [0.4, 0.5) is 5.69 Å². The lowest BCUT2D eigenvalue weighted by Gasteiger charge is -2.10. The molecule has 122 valence electrons. The number of aryl methyl sites for hydroxylation is 1. The first-order valence-electron chi connectivity index (χ1n) is 6.78. The van der Waals surface area contributed by atoms with E-state index in [-0.39, 0.29) is 16.6 Å². The first-order chi connectivity index (χ1) is 10.8. The molecule has 0 spiro atoms. The van der Waals surface area contributed by atoms with Crippen LogP contribution in [-0.2, 0) is 14.9 Å². The Morgan fingerprint density at radius 2 is 1.74 bits per heavy atom. The molecule has 0 radical (unpaired) electrons. The monoisotopic (exact) mass is 335 g/mol. The highest BCUT2D eigenvalue weighted by Gasteiger charge is 2.18. The second-order valence-electron chi connectivity index (χ2n) is 4.87. The fourth-order valence-corrected chi connectivity index (χ4v) is 2.99. The number of amides is 1. The lowest BCUT2D eigenvalue weighted by atomic mass is 10.2. The van der Waals surface area contributed by atoms with Crippen molar-refractivity contribution >= 4 is 21.7 Å². The third-order valence-corrected chi connectivity index (χ3v) is 4.28. The van der Waals surface area contributed by atoms with Gasteiger partial charge in [0.2, 0.25) is 5.91 Å². The second kappa shape index (κ2) is 6.70. The molecule has 0 atom stereocenters. The maximum Gasteiger partial charge on any atom is 0.339 e. The number of ether oxygens (including phenoxy) is 1. The molecule has 1 N–H and O–H groups in total. The number of rotatable bonds is 5. The van der Waals surface area contributed by atoms with E-state index in [9.17, 15) is 13.2 Å². The van der Waals surface area contributed by atoms with Crippen LogP contribution in [0.3, 0.4) is 0 Å². The minimum absolute atomic E-state index is 0.0433. The molecule has 0 unspecified atom stereocenters. The van der Waals surface area contributed by atoms with Crippen molar-refractivity contribution in [3.8, 4) is 11.5 Å². The average Bonchev–Trinajstić information content (AvgIpc) is 2.48. The van der Waals surface area contributed by atoms with Crippen LogP contribution in [0, 0.1) is 6.92 Å². The van der Waals surface area contributed by atoms with Crippen molar-refractivity contribution in [1.29, 1.82) is 0 Å². The van der Waals surface area contributed by atoms with Crippen LogP contribution in [0.15, 0.2) is 47.4 Å². The van der Waals surface area contributed by atoms with Crippen molar-refractivity contribution in [2.75, 3.05) is 12.4 Å². The number of methoxy groups -OCH3 is 1. The fourth-order valence-electron chi connectivity index (χ4n) is 1.98. The first kappa shape index (κ1) is 16.8. The predicted octanol–water partition coefficient (Wildman–Crippen LogP) is 2.73. The van der Waals surface area contributed by atoms with Crippen molar-refractivity contribution in [3.63, 3.8) is 0 Å². The number of benzene rings is 2. The van der Waals surface area contributed by atoms with Crippen LogP contribution < -0.4 is 14.2 Å². The third-order valence-electron chi connectivity index (χ3n) is 3.04. The van der Waals surface area contributed by atoms with Crippen LogP contribution in [0.2, 0.25) is 0 Å². The molecule has 7 heteroatoms. The summed E-state index contributed by atoms with van der Waals surface area (Å²) in [7, 11) is -2.42. The molecule has 2 rings (SSSR count). The molecule has 23 heavy (non-hydrogen) atoms. The molecule has 6 nitrogen and oxygen atoms in total. The van der Waals surface area contributed by atoms with Gasteiger partial charge in [0.1, 0.15) is 16.4 Å². The summed E-state index contributed by atoms with van der Waals surface area (Å²) >= 11 is 0. The Balaban J connectivity index is 2.20. The van der Waals surface area contributed by atoms with E-state index in [0.29, 0.717) is 17.0 Å². The summed E-state index contributed by atoms with van der Waals surface area (Å²) in [6.45, 7) is 3.14. The molecule has 0 aliphatic carbocycles. The minimum atomic E-state index is -3.94. The highest BCUT2D eigenvalue weighted by Crippen LogP contribution is 2.25. The van der Waals surface area contributed by atoms with Gasteiger partial charge in [0.15, 0.2) is 0 Å². The van der Waals surface area contributed by atoms with Crippen LogP contribution in [0.5, 0.6) is 11.5 Å². The van der Waals surface area contributed by atoms with Crippen molar-refractivity contribution in [3.05, 3.63) is 48.0 Å². The van der Waals surface area contributed by atoms with Gasteiger partial charge in [0, 0.05) is 12.6 Å². The molecule has 0 saturated carbocycles. The largest absolute Gasteiger partial charge is 0.496 e. The quantitative estimate of drug-likeness (QED) is 0.850. The molecular formula is C16H17NO5S. The van der Waals surface area contributed by atoms with Gasteiger partial charge in [-0.1, -0.05) is 0 Å². The summed E-state index contributed by atoms with van der Waals surface area (Å²) in [5.74, 6) is 0.552. The maximum absolute atomic E-state index is 12.3. The summed E-state index contributed by atoms with van der Waals surface area (Å²) in [5, 5.41) is 2.59. The van der Waals surface area contributed by atoms with E-state index in [1.54, 1.807) is 25.1 Å². The number of hydrogen-bond acceptors (Lipinski definition) is 5. The van der Waals surface area contributed by atoms with Crippen molar-refractivity contribution in [2.45, 2.75) is 18.7 Å². The molecule has 0 heterocycles. The lowest BCUT2D eigenvalue weighted by molar-refractivity contribution is -0.114. The molecule has 0 aromatic heterocycles. The Morgan fingerprint density at radius 1 is 1.09 bits per heavy atom. The van der Waals surface area contributed by atoms with Crippen LogP contribution >= 0.6 is 0 Å². The summed E-state index contributed by atoms with van der Waals surface area (Å²) in [6, 6.07) is 10.5.